The average molecular weight is 465 g/mol. The Bertz CT molecular complexity index is 1110. The van der Waals surface area contributed by atoms with Gasteiger partial charge in [0.2, 0.25) is 5.91 Å². The molecule has 0 spiro atoms. The van der Waals surface area contributed by atoms with Crippen molar-refractivity contribution >= 4 is 23.1 Å². The number of thiophene rings is 1. The molecule has 7 nitrogen and oxygen atoms in total. The normalized spacial score (nSPS) is 15.9. The van der Waals surface area contributed by atoms with E-state index in [9.17, 15) is 4.79 Å². The molecule has 0 saturated carbocycles. The zero-order chi connectivity index (χ0) is 22.6. The van der Waals surface area contributed by atoms with Crippen molar-refractivity contribution in [3.8, 4) is 5.75 Å². The van der Waals surface area contributed by atoms with Crippen LogP contribution in [0.3, 0.4) is 0 Å². The molecule has 0 aliphatic carbocycles. The van der Waals surface area contributed by atoms with Crippen molar-refractivity contribution < 1.29 is 14.3 Å². The summed E-state index contributed by atoms with van der Waals surface area (Å²) in [6, 6.07) is 12.1. The summed E-state index contributed by atoms with van der Waals surface area (Å²) in [5, 5.41) is 2.02. The number of hydrogen-bond donors (Lipinski definition) is 0. The molecule has 1 amide bonds. The number of anilines is 1. The second-order valence-electron chi connectivity index (χ2n) is 8.34. The zero-order valence-corrected chi connectivity index (χ0v) is 19.6. The first kappa shape index (κ1) is 21.9. The molecular formula is C25H28N4O3S. The lowest BCUT2D eigenvalue weighted by Gasteiger charge is -2.34. The van der Waals surface area contributed by atoms with Crippen molar-refractivity contribution in [3.05, 3.63) is 69.3 Å². The molecule has 4 heterocycles. The summed E-state index contributed by atoms with van der Waals surface area (Å²) in [6.45, 7) is 4.22. The highest BCUT2D eigenvalue weighted by Gasteiger charge is 2.28. The molecule has 8 heteroatoms. The summed E-state index contributed by atoms with van der Waals surface area (Å²) in [7, 11) is 1.68. The highest BCUT2D eigenvalue weighted by Crippen LogP contribution is 2.29. The van der Waals surface area contributed by atoms with Crippen LogP contribution < -0.4 is 9.64 Å². The average Bonchev–Trinajstić information content (AvgIpc) is 3.37. The van der Waals surface area contributed by atoms with Crippen LogP contribution in [0.1, 0.15) is 27.5 Å². The highest BCUT2D eigenvalue weighted by atomic mass is 32.1. The SMILES string of the molecule is COc1cccc(Cc2nc3c(c(N4CCOCC4)n2)CN(C(=O)Cc2cccs2)CC3)c1. The van der Waals surface area contributed by atoms with Gasteiger partial charge < -0.3 is 19.3 Å². The number of aromatic nitrogens is 2. The number of ether oxygens (including phenoxy) is 2. The third-order valence-electron chi connectivity index (χ3n) is 6.15. The number of fused-ring (bicyclic) bond motifs is 1. The van der Waals surface area contributed by atoms with Crippen molar-refractivity contribution in [1.29, 1.82) is 0 Å². The lowest BCUT2D eigenvalue weighted by Crippen LogP contribution is -2.41. The van der Waals surface area contributed by atoms with Gasteiger partial charge >= 0.3 is 0 Å². The van der Waals surface area contributed by atoms with E-state index in [1.54, 1.807) is 18.4 Å². The van der Waals surface area contributed by atoms with E-state index in [0.717, 1.165) is 58.6 Å². The smallest absolute Gasteiger partial charge is 0.228 e. The number of amides is 1. The van der Waals surface area contributed by atoms with Gasteiger partial charge in [0, 0.05) is 42.9 Å². The summed E-state index contributed by atoms with van der Waals surface area (Å²) in [5.41, 5.74) is 3.26. The van der Waals surface area contributed by atoms with E-state index in [4.69, 9.17) is 19.4 Å². The van der Waals surface area contributed by atoms with E-state index in [2.05, 4.69) is 11.0 Å². The van der Waals surface area contributed by atoms with Crippen LogP contribution in [0.2, 0.25) is 0 Å². The first-order valence-electron chi connectivity index (χ1n) is 11.3. The van der Waals surface area contributed by atoms with Gasteiger partial charge in [-0.2, -0.15) is 0 Å². The molecule has 2 aliphatic heterocycles. The maximum atomic E-state index is 13.0. The van der Waals surface area contributed by atoms with Crippen molar-refractivity contribution in [3.63, 3.8) is 0 Å². The van der Waals surface area contributed by atoms with Gasteiger partial charge in [-0.1, -0.05) is 18.2 Å². The molecule has 1 fully saturated rings. The van der Waals surface area contributed by atoms with E-state index < -0.39 is 0 Å². The zero-order valence-electron chi connectivity index (χ0n) is 18.8. The minimum absolute atomic E-state index is 0.163. The molecule has 1 saturated heterocycles. The van der Waals surface area contributed by atoms with E-state index in [0.29, 0.717) is 39.1 Å². The maximum absolute atomic E-state index is 13.0. The van der Waals surface area contributed by atoms with Gasteiger partial charge in [-0.05, 0) is 29.1 Å². The minimum atomic E-state index is 0.163. The Morgan fingerprint density at radius 1 is 1.15 bits per heavy atom. The van der Waals surface area contributed by atoms with Gasteiger partial charge in [0.05, 0.1) is 39.0 Å². The van der Waals surface area contributed by atoms with Crippen LogP contribution in [0.5, 0.6) is 5.75 Å². The largest absolute Gasteiger partial charge is 0.497 e. The standard InChI is InChI=1S/C25H28N4O3S/c1-31-19-5-2-4-18(14-19)15-23-26-22-7-8-29(24(30)16-20-6-3-13-33-20)17-21(22)25(27-23)28-9-11-32-12-10-28/h2-6,13-14H,7-12,15-17H2,1H3. The third-order valence-corrected chi connectivity index (χ3v) is 7.03. The van der Waals surface area contributed by atoms with Crippen molar-refractivity contribution in [2.24, 2.45) is 0 Å². The van der Waals surface area contributed by atoms with Crippen molar-refractivity contribution in [2.45, 2.75) is 25.8 Å². The lowest BCUT2D eigenvalue weighted by atomic mass is 10.0. The van der Waals surface area contributed by atoms with Gasteiger partial charge in [-0.25, -0.2) is 9.97 Å². The second kappa shape index (κ2) is 9.89. The number of rotatable bonds is 6. The predicted octanol–water partition coefficient (Wildman–Crippen LogP) is 3.10. The van der Waals surface area contributed by atoms with E-state index >= 15 is 0 Å². The molecule has 3 aromatic rings. The maximum Gasteiger partial charge on any atom is 0.228 e. The Hall–Kier alpha value is -2.97. The highest BCUT2D eigenvalue weighted by molar-refractivity contribution is 7.10. The molecule has 0 unspecified atom stereocenters. The Labute approximate surface area is 198 Å². The van der Waals surface area contributed by atoms with Crippen molar-refractivity contribution in [2.75, 3.05) is 44.9 Å². The molecule has 0 N–H and O–H groups in total. The Morgan fingerprint density at radius 3 is 2.82 bits per heavy atom. The number of methoxy groups -OCH3 is 1. The van der Waals surface area contributed by atoms with Gasteiger partial charge in [0.1, 0.15) is 17.4 Å². The number of carbonyl (C=O) groups excluding carboxylic acids is 1. The molecule has 0 bridgehead atoms. The molecule has 0 atom stereocenters. The molecule has 2 aliphatic rings. The number of morpholine rings is 1. The number of benzene rings is 1. The number of carbonyl (C=O) groups is 1. The fourth-order valence-electron chi connectivity index (χ4n) is 4.41. The van der Waals surface area contributed by atoms with E-state index in [1.807, 2.05) is 40.6 Å². The number of nitrogens with zero attached hydrogens (tertiary/aromatic N) is 4. The van der Waals surface area contributed by atoms with Gasteiger partial charge in [-0.3, -0.25) is 4.79 Å². The van der Waals surface area contributed by atoms with Crippen LogP contribution >= 0.6 is 11.3 Å². The minimum Gasteiger partial charge on any atom is -0.497 e. The van der Waals surface area contributed by atoms with Crippen LogP contribution in [0.15, 0.2) is 41.8 Å². The summed E-state index contributed by atoms with van der Waals surface area (Å²) >= 11 is 1.63. The van der Waals surface area contributed by atoms with E-state index in [1.165, 1.54) is 0 Å². The summed E-state index contributed by atoms with van der Waals surface area (Å²) in [6.07, 6.45) is 1.84. The molecule has 0 radical (unpaired) electrons. The van der Waals surface area contributed by atoms with Crippen LogP contribution in [0, 0.1) is 0 Å². The monoisotopic (exact) mass is 464 g/mol. The van der Waals surface area contributed by atoms with Crippen LogP contribution in [0.4, 0.5) is 5.82 Å². The Balaban J connectivity index is 1.43. The van der Waals surface area contributed by atoms with Crippen molar-refractivity contribution in [1.82, 2.24) is 14.9 Å². The Kier molecular flexibility index (Phi) is 6.55. The fourth-order valence-corrected chi connectivity index (χ4v) is 5.11. The fraction of sp³-hybridized carbons (Fsp3) is 0.400. The molecule has 5 rings (SSSR count). The first-order chi connectivity index (χ1) is 16.2. The van der Waals surface area contributed by atoms with Crippen LogP contribution in [0.25, 0.3) is 0 Å². The molecule has 2 aromatic heterocycles. The lowest BCUT2D eigenvalue weighted by molar-refractivity contribution is -0.131. The van der Waals surface area contributed by atoms with Gasteiger partial charge in [0.15, 0.2) is 0 Å². The van der Waals surface area contributed by atoms with Crippen LogP contribution in [-0.2, 0) is 35.3 Å². The summed E-state index contributed by atoms with van der Waals surface area (Å²) < 4.78 is 10.9. The first-order valence-corrected chi connectivity index (χ1v) is 12.2. The predicted molar refractivity (Wildman–Crippen MR) is 128 cm³/mol. The summed E-state index contributed by atoms with van der Waals surface area (Å²) in [5.74, 6) is 2.76. The molecule has 172 valence electrons. The van der Waals surface area contributed by atoms with E-state index in [-0.39, 0.29) is 5.91 Å². The Morgan fingerprint density at radius 2 is 2.03 bits per heavy atom. The summed E-state index contributed by atoms with van der Waals surface area (Å²) in [4.78, 5) is 28.3. The quantitative estimate of drug-likeness (QED) is 0.559. The van der Waals surface area contributed by atoms with Crippen LogP contribution in [-0.4, -0.2) is 60.7 Å². The van der Waals surface area contributed by atoms with Gasteiger partial charge in [0.25, 0.3) is 0 Å². The topological polar surface area (TPSA) is 67.8 Å². The third kappa shape index (κ3) is 5.02. The molecular weight excluding hydrogens is 436 g/mol. The molecule has 33 heavy (non-hydrogen) atoms. The van der Waals surface area contributed by atoms with Gasteiger partial charge in [-0.15, -0.1) is 11.3 Å². The second-order valence-corrected chi connectivity index (χ2v) is 9.37. The number of hydrogen-bond acceptors (Lipinski definition) is 7. The molecule has 1 aromatic carbocycles.